The largest absolute Gasteiger partial charge is 0.523 e. The smallest absolute Gasteiger partial charge is 0.465 e. The first-order valence-electron chi connectivity index (χ1n) is 4.22. The molecule has 1 aliphatic heterocycles. The maximum absolute atomic E-state index is 13.1. The van der Waals surface area contributed by atoms with Gasteiger partial charge in [0.1, 0.15) is 0 Å². The van der Waals surface area contributed by atoms with Crippen molar-refractivity contribution in [1.82, 2.24) is 4.90 Å². The van der Waals surface area contributed by atoms with Crippen molar-refractivity contribution in [1.29, 1.82) is 0 Å². The lowest BCUT2D eigenvalue weighted by molar-refractivity contribution is -0.0851. The first kappa shape index (κ1) is 14.9. The Kier molecular flexibility index (Phi) is 3.46. The van der Waals surface area contributed by atoms with Crippen LogP contribution < -0.4 is 0 Å². The summed E-state index contributed by atoms with van der Waals surface area (Å²) >= 11 is 0. The summed E-state index contributed by atoms with van der Waals surface area (Å²) in [7, 11) is -6.20. The molecule has 1 heterocycles. The van der Waals surface area contributed by atoms with Crippen LogP contribution in [0.15, 0.2) is 0 Å². The van der Waals surface area contributed by atoms with Gasteiger partial charge in [0.15, 0.2) is 6.10 Å². The van der Waals surface area contributed by atoms with Crippen molar-refractivity contribution < 1.29 is 44.5 Å². The average Bonchev–Trinajstić information content (AvgIpc) is 2.39. The number of hydrogen-bond donors (Lipinski definition) is 1. The highest BCUT2D eigenvalue weighted by molar-refractivity contribution is 7.87. The van der Waals surface area contributed by atoms with Gasteiger partial charge in [-0.15, -0.1) is 0 Å². The lowest BCUT2D eigenvalue weighted by Gasteiger charge is -2.18. The zero-order valence-corrected chi connectivity index (χ0v) is 9.13. The summed E-state index contributed by atoms with van der Waals surface area (Å²) in [5.74, 6) is -4.02. The fraction of sp³-hybridized carbons (Fsp3) is 0.833. The Morgan fingerprint density at radius 1 is 1.39 bits per heavy atom. The topological polar surface area (TPSA) is 83.9 Å². The normalized spacial score (nSPS) is 24.3. The Morgan fingerprint density at radius 2 is 1.89 bits per heavy atom. The third-order valence-electron chi connectivity index (χ3n) is 2.06. The molecule has 0 bridgehead atoms. The summed E-state index contributed by atoms with van der Waals surface area (Å²) < 4.78 is 86.3. The van der Waals surface area contributed by atoms with Crippen LogP contribution in [-0.2, 0) is 14.3 Å². The van der Waals surface area contributed by atoms with E-state index in [0.29, 0.717) is 0 Å². The zero-order valence-electron chi connectivity index (χ0n) is 8.32. The van der Waals surface area contributed by atoms with Gasteiger partial charge < -0.3 is 5.11 Å². The van der Waals surface area contributed by atoms with Gasteiger partial charge in [0.05, 0.1) is 13.1 Å². The number of alkyl halides is 5. The Balaban J connectivity index is 2.89. The van der Waals surface area contributed by atoms with Gasteiger partial charge in [-0.25, -0.2) is 13.6 Å². The Labute approximate surface area is 97.0 Å². The molecule has 18 heavy (non-hydrogen) atoms. The van der Waals surface area contributed by atoms with Crippen molar-refractivity contribution in [2.45, 2.75) is 17.5 Å². The van der Waals surface area contributed by atoms with E-state index in [9.17, 15) is 35.2 Å². The number of carbonyl (C=O) groups is 1. The molecule has 1 N–H and O–H groups in total. The molecule has 1 saturated heterocycles. The number of nitrogens with zero attached hydrogens (tertiary/aromatic N) is 1. The van der Waals surface area contributed by atoms with Crippen LogP contribution in [0.25, 0.3) is 0 Å². The fourth-order valence-corrected chi connectivity index (χ4v) is 1.83. The van der Waals surface area contributed by atoms with E-state index in [2.05, 4.69) is 4.18 Å². The lowest BCUT2D eigenvalue weighted by atomic mass is 10.2. The fourth-order valence-electron chi connectivity index (χ4n) is 1.21. The molecule has 6 nitrogen and oxygen atoms in total. The first-order chi connectivity index (χ1) is 7.87. The molecule has 1 atom stereocenters. The van der Waals surface area contributed by atoms with Crippen molar-refractivity contribution in [2.75, 3.05) is 13.1 Å². The minimum Gasteiger partial charge on any atom is -0.465 e. The van der Waals surface area contributed by atoms with Crippen LogP contribution in [-0.4, -0.2) is 55.1 Å². The zero-order chi connectivity index (χ0) is 14.4. The Hall–Kier alpha value is -1.17. The van der Waals surface area contributed by atoms with E-state index in [1.807, 2.05) is 0 Å². The van der Waals surface area contributed by atoms with Crippen molar-refractivity contribution in [2.24, 2.45) is 0 Å². The number of rotatable bonds is 2. The molecule has 0 saturated carbocycles. The van der Waals surface area contributed by atoms with Gasteiger partial charge in [-0.3, -0.25) is 9.08 Å². The molecule has 12 heteroatoms. The summed E-state index contributed by atoms with van der Waals surface area (Å²) in [6.07, 6.45) is -4.51. The maximum Gasteiger partial charge on any atom is 0.523 e. The van der Waals surface area contributed by atoms with E-state index in [1.54, 1.807) is 0 Å². The number of amides is 1. The summed E-state index contributed by atoms with van der Waals surface area (Å²) in [4.78, 5) is 10.4. The van der Waals surface area contributed by atoms with Gasteiger partial charge in [-0.1, -0.05) is 0 Å². The predicted molar refractivity (Wildman–Crippen MR) is 44.4 cm³/mol. The van der Waals surface area contributed by atoms with E-state index in [4.69, 9.17) is 5.11 Å². The second-order valence-electron chi connectivity index (χ2n) is 3.41. The number of hydrogen-bond acceptors (Lipinski definition) is 4. The molecule has 1 rings (SSSR count). The Bertz CT molecular complexity index is 446. The molecule has 106 valence electrons. The van der Waals surface area contributed by atoms with Crippen LogP contribution in [0.5, 0.6) is 0 Å². The molecule has 1 amide bonds. The predicted octanol–water partition coefficient (Wildman–Crippen LogP) is 0.850. The van der Waals surface area contributed by atoms with E-state index in [0.717, 1.165) is 0 Å². The SMILES string of the molecule is O=C(O)N1CC(OS(=O)(=O)C(F)(F)F)C(F)(F)C1. The molecule has 1 fully saturated rings. The van der Waals surface area contributed by atoms with Crippen LogP contribution in [0.2, 0.25) is 0 Å². The molecule has 1 unspecified atom stereocenters. The minimum atomic E-state index is -6.20. The van der Waals surface area contributed by atoms with Gasteiger partial charge in [-0.05, 0) is 0 Å². The monoisotopic (exact) mass is 299 g/mol. The quantitative estimate of drug-likeness (QED) is 0.464. The van der Waals surface area contributed by atoms with Crippen LogP contribution >= 0.6 is 0 Å². The third kappa shape index (κ3) is 2.80. The van der Waals surface area contributed by atoms with E-state index < -0.39 is 46.8 Å². The minimum absolute atomic E-state index is 0.0660. The average molecular weight is 299 g/mol. The number of carboxylic acid groups (broad SMARTS) is 1. The number of halogens is 5. The van der Waals surface area contributed by atoms with E-state index in [1.165, 1.54) is 0 Å². The molecular weight excluding hydrogens is 293 g/mol. The van der Waals surface area contributed by atoms with Crippen molar-refractivity contribution in [3.63, 3.8) is 0 Å². The standard InChI is InChI=1S/C6H6F5NO5S/c7-5(8)2-12(4(13)14)1-3(5)17-18(15,16)6(9,10)11/h3H,1-2H2,(H,13,14). The van der Waals surface area contributed by atoms with Gasteiger partial charge in [-0.2, -0.15) is 21.6 Å². The first-order valence-corrected chi connectivity index (χ1v) is 5.63. The van der Waals surface area contributed by atoms with Crippen LogP contribution in [0.1, 0.15) is 0 Å². The Morgan fingerprint density at radius 3 is 2.22 bits per heavy atom. The van der Waals surface area contributed by atoms with Crippen LogP contribution in [0, 0.1) is 0 Å². The highest BCUT2D eigenvalue weighted by Crippen LogP contribution is 2.34. The third-order valence-corrected chi connectivity index (χ3v) is 3.11. The van der Waals surface area contributed by atoms with Crippen LogP contribution in [0.3, 0.4) is 0 Å². The van der Waals surface area contributed by atoms with Gasteiger partial charge in [0, 0.05) is 0 Å². The van der Waals surface area contributed by atoms with Gasteiger partial charge in [0.2, 0.25) is 0 Å². The summed E-state index contributed by atoms with van der Waals surface area (Å²) in [6.45, 7) is -2.60. The molecule has 0 aromatic carbocycles. The van der Waals surface area contributed by atoms with Gasteiger partial charge >= 0.3 is 21.7 Å². The summed E-state index contributed by atoms with van der Waals surface area (Å²) in [5.41, 5.74) is -5.85. The molecule has 0 aromatic rings. The van der Waals surface area contributed by atoms with Crippen molar-refractivity contribution in [3.8, 4) is 0 Å². The van der Waals surface area contributed by atoms with E-state index in [-0.39, 0.29) is 4.90 Å². The van der Waals surface area contributed by atoms with E-state index >= 15 is 0 Å². The highest BCUT2D eigenvalue weighted by atomic mass is 32.2. The summed E-state index contributed by atoms with van der Waals surface area (Å²) in [5, 5.41) is 8.39. The maximum atomic E-state index is 13.1. The molecular formula is C6H6F5NO5S. The molecule has 0 radical (unpaired) electrons. The highest BCUT2D eigenvalue weighted by Gasteiger charge is 2.57. The second-order valence-corrected chi connectivity index (χ2v) is 4.97. The number of likely N-dealkylation sites (tertiary alicyclic amines) is 1. The molecule has 0 aromatic heterocycles. The second kappa shape index (κ2) is 4.19. The molecule has 0 spiro atoms. The van der Waals surface area contributed by atoms with Gasteiger partial charge in [0.25, 0.3) is 5.92 Å². The molecule has 0 aliphatic carbocycles. The lowest BCUT2D eigenvalue weighted by Crippen LogP contribution is -2.39. The van der Waals surface area contributed by atoms with Crippen LogP contribution in [0.4, 0.5) is 26.7 Å². The summed E-state index contributed by atoms with van der Waals surface area (Å²) in [6, 6.07) is 0. The van der Waals surface area contributed by atoms with Crippen molar-refractivity contribution in [3.05, 3.63) is 0 Å². The van der Waals surface area contributed by atoms with Crippen molar-refractivity contribution >= 4 is 16.2 Å². The molecule has 1 aliphatic rings.